The summed E-state index contributed by atoms with van der Waals surface area (Å²) in [6, 6.07) is 0. The second kappa shape index (κ2) is 3.69. The van der Waals surface area contributed by atoms with Crippen molar-refractivity contribution in [3.05, 3.63) is 0 Å². The molecule has 1 aliphatic rings. The van der Waals surface area contributed by atoms with Crippen molar-refractivity contribution in [3.63, 3.8) is 0 Å². The smallest absolute Gasteiger partial charge is 0.253 e. The lowest BCUT2D eigenvalue weighted by atomic mass is 10.3. The summed E-state index contributed by atoms with van der Waals surface area (Å²) in [7, 11) is 3.53. The summed E-state index contributed by atoms with van der Waals surface area (Å²) in [5.74, 6) is 0.102. The van der Waals surface area contributed by atoms with E-state index in [1.54, 1.807) is 19.0 Å². The molecule has 0 bridgehead atoms. The van der Waals surface area contributed by atoms with Crippen molar-refractivity contribution >= 4 is 5.91 Å². The lowest BCUT2D eigenvalue weighted by Crippen LogP contribution is -2.56. The molecule has 0 saturated carbocycles. The van der Waals surface area contributed by atoms with Crippen LogP contribution in [0.1, 0.15) is 6.42 Å². The summed E-state index contributed by atoms with van der Waals surface area (Å²) in [6.07, 6.45) is 0.927. The van der Waals surface area contributed by atoms with Crippen LogP contribution in [-0.4, -0.2) is 44.2 Å². The molecule has 2 N–H and O–H groups in total. The van der Waals surface area contributed by atoms with Crippen molar-refractivity contribution in [2.45, 2.75) is 12.6 Å². The van der Waals surface area contributed by atoms with Crippen LogP contribution in [0.5, 0.6) is 0 Å². The van der Waals surface area contributed by atoms with Crippen LogP contribution in [0.3, 0.4) is 0 Å². The number of carbonyl (C=O) groups is 1. The molecule has 4 heteroatoms. The molecule has 1 aliphatic heterocycles. The second-order valence-electron chi connectivity index (χ2n) is 2.93. The summed E-state index contributed by atoms with van der Waals surface area (Å²) < 4.78 is 0. The Kier molecular flexibility index (Phi) is 2.84. The number of likely N-dealkylation sites (N-methyl/N-ethyl adjacent to an activating group) is 1. The van der Waals surface area contributed by atoms with Crippen molar-refractivity contribution in [2.24, 2.45) is 0 Å². The van der Waals surface area contributed by atoms with Crippen LogP contribution in [0.25, 0.3) is 0 Å². The van der Waals surface area contributed by atoms with Gasteiger partial charge in [0.05, 0.1) is 0 Å². The van der Waals surface area contributed by atoms with Gasteiger partial charge in [-0.15, -0.1) is 0 Å². The highest BCUT2D eigenvalue weighted by atomic mass is 16.2. The molecule has 1 heterocycles. The topological polar surface area (TPSA) is 44.4 Å². The minimum atomic E-state index is -0.168. The Morgan fingerprint density at radius 3 is 2.36 bits per heavy atom. The largest absolute Gasteiger partial charge is 0.346 e. The van der Waals surface area contributed by atoms with Gasteiger partial charge in [0, 0.05) is 14.1 Å². The molecule has 11 heavy (non-hydrogen) atoms. The fourth-order valence-electron chi connectivity index (χ4n) is 1.09. The Labute approximate surface area is 66.9 Å². The first-order chi connectivity index (χ1) is 5.22. The first kappa shape index (κ1) is 8.49. The van der Waals surface area contributed by atoms with Crippen LogP contribution in [0, 0.1) is 0 Å². The van der Waals surface area contributed by atoms with E-state index in [4.69, 9.17) is 0 Å². The van der Waals surface area contributed by atoms with Gasteiger partial charge in [0.25, 0.3) is 5.91 Å². The standard InChI is InChI=1S/C7H15N3O/c1-10(2)7(11)6-8-4-3-5-9-6/h6,8-9H,3-5H2,1-2H3. The molecule has 0 aromatic heterocycles. The minimum absolute atomic E-state index is 0.102. The van der Waals surface area contributed by atoms with E-state index < -0.39 is 0 Å². The number of hydrogen-bond acceptors (Lipinski definition) is 3. The third-order valence-corrected chi connectivity index (χ3v) is 1.74. The number of amides is 1. The normalized spacial score (nSPS) is 19.8. The van der Waals surface area contributed by atoms with Gasteiger partial charge in [-0.05, 0) is 19.5 Å². The summed E-state index contributed by atoms with van der Waals surface area (Å²) in [5, 5.41) is 6.20. The van der Waals surface area contributed by atoms with Crippen LogP contribution in [0.4, 0.5) is 0 Å². The predicted octanol–water partition coefficient (Wildman–Crippen LogP) is -1.02. The van der Waals surface area contributed by atoms with Crippen LogP contribution < -0.4 is 10.6 Å². The van der Waals surface area contributed by atoms with E-state index in [1.165, 1.54) is 0 Å². The molecule has 1 saturated heterocycles. The number of rotatable bonds is 1. The van der Waals surface area contributed by atoms with Gasteiger partial charge in [-0.1, -0.05) is 0 Å². The molecule has 0 aromatic rings. The summed E-state index contributed by atoms with van der Waals surface area (Å²) in [5.41, 5.74) is 0. The van der Waals surface area contributed by atoms with Crippen molar-refractivity contribution in [2.75, 3.05) is 27.2 Å². The summed E-state index contributed by atoms with van der Waals surface area (Å²) >= 11 is 0. The highest BCUT2D eigenvalue weighted by Crippen LogP contribution is 1.91. The third kappa shape index (κ3) is 2.17. The van der Waals surface area contributed by atoms with Crippen molar-refractivity contribution < 1.29 is 4.79 Å². The molecule has 0 unspecified atom stereocenters. The van der Waals surface area contributed by atoms with Gasteiger partial charge in [0.1, 0.15) is 6.17 Å². The molecule has 0 spiro atoms. The molecular weight excluding hydrogens is 142 g/mol. The summed E-state index contributed by atoms with van der Waals surface area (Å²) in [4.78, 5) is 12.9. The average Bonchev–Trinajstić information content (AvgIpc) is 2.05. The maximum atomic E-state index is 11.3. The second-order valence-corrected chi connectivity index (χ2v) is 2.93. The van der Waals surface area contributed by atoms with Crippen molar-refractivity contribution in [1.29, 1.82) is 0 Å². The zero-order valence-corrected chi connectivity index (χ0v) is 7.05. The molecular formula is C7H15N3O. The van der Waals surface area contributed by atoms with Crippen LogP contribution >= 0.6 is 0 Å². The lowest BCUT2D eigenvalue weighted by molar-refractivity contribution is -0.132. The van der Waals surface area contributed by atoms with E-state index in [-0.39, 0.29) is 12.1 Å². The van der Waals surface area contributed by atoms with E-state index in [0.29, 0.717) is 0 Å². The number of hydrogen-bond donors (Lipinski definition) is 2. The van der Waals surface area contributed by atoms with Gasteiger partial charge in [0.2, 0.25) is 0 Å². The Morgan fingerprint density at radius 2 is 1.91 bits per heavy atom. The Morgan fingerprint density at radius 1 is 1.36 bits per heavy atom. The molecule has 1 fully saturated rings. The third-order valence-electron chi connectivity index (χ3n) is 1.74. The highest BCUT2D eigenvalue weighted by Gasteiger charge is 2.20. The molecule has 64 valence electrons. The minimum Gasteiger partial charge on any atom is -0.346 e. The molecule has 1 rings (SSSR count). The Bertz CT molecular complexity index is 141. The first-order valence-corrected chi connectivity index (χ1v) is 3.90. The van der Waals surface area contributed by atoms with Gasteiger partial charge < -0.3 is 4.90 Å². The summed E-state index contributed by atoms with van der Waals surface area (Å²) in [6.45, 7) is 1.86. The monoisotopic (exact) mass is 157 g/mol. The zero-order valence-electron chi connectivity index (χ0n) is 7.05. The Hall–Kier alpha value is -0.610. The van der Waals surface area contributed by atoms with E-state index in [2.05, 4.69) is 10.6 Å². The lowest BCUT2D eigenvalue weighted by Gasteiger charge is -2.26. The molecule has 0 aromatic carbocycles. The van der Waals surface area contributed by atoms with Crippen LogP contribution in [0.2, 0.25) is 0 Å². The zero-order chi connectivity index (χ0) is 8.27. The fraction of sp³-hybridized carbons (Fsp3) is 0.857. The SMILES string of the molecule is CN(C)C(=O)C1NCCCN1. The van der Waals surface area contributed by atoms with Gasteiger partial charge >= 0.3 is 0 Å². The number of nitrogens with one attached hydrogen (secondary N) is 2. The van der Waals surface area contributed by atoms with Crippen LogP contribution in [-0.2, 0) is 4.79 Å². The number of carbonyl (C=O) groups excluding carboxylic acids is 1. The van der Waals surface area contributed by atoms with E-state index in [9.17, 15) is 4.79 Å². The Balaban J connectivity index is 2.39. The van der Waals surface area contributed by atoms with Gasteiger partial charge in [-0.2, -0.15) is 0 Å². The quantitative estimate of drug-likeness (QED) is 0.512. The molecule has 0 atom stereocenters. The predicted molar refractivity (Wildman–Crippen MR) is 43.1 cm³/mol. The van der Waals surface area contributed by atoms with Crippen molar-refractivity contribution in [1.82, 2.24) is 15.5 Å². The van der Waals surface area contributed by atoms with E-state index in [0.717, 1.165) is 19.5 Å². The molecule has 0 radical (unpaired) electrons. The molecule has 4 nitrogen and oxygen atoms in total. The average molecular weight is 157 g/mol. The maximum absolute atomic E-state index is 11.3. The van der Waals surface area contributed by atoms with Gasteiger partial charge in [-0.25, -0.2) is 0 Å². The van der Waals surface area contributed by atoms with E-state index >= 15 is 0 Å². The maximum Gasteiger partial charge on any atom is 0.253 e. The van der Waals surface area contributed by atoms with Gasteiger partial charge in [-0.3, -0.25) is 15.4 Å². The molecule has 0 aliphatic carbocycles. The fourth-order valence-corrected chi connectivity index (χ4v) is 1.09. The van der Waals surface area contributed by atoms with Crippen LogP contribution in [0.15, 0.2) is 0 Å². The van der Waals surface area contributed by atoms with E-state index in [1.807, 2.05) is 0 Å². The first-order valence-electron chi connectivity index (χ1n) is 3.90. The van der Waals surface area contributed by atoms with Gasteiger partial charge in [0.15, 0.2) is 0 Å². The number of nitrogens with zero attached hydrogens (tertiary/aromatic N) is 1. The molecule has 1 amide bonds. The highest BCUT2D eigenvalue weighted by molar-refractivity contribution is 5.81. The van der Waals surface area contributed by atoms with Crippen molar-refractivity contribution in [3.8, 4) is 0 Å².